The lowest BCUT2D eigenvalue weighted by Crippen LogP contribution is -1.88. The van der Waals surface area contributed by atoms with Gasteiger partial charge in [-0.2, -0.15) is 0 Å². The second-order valence-corrected chi connectivity index (χ2v) is 5.19. The van der Waals surface area contributed by atoms with Gasteiger partial charge < -0.3 is 4.98 Å². The van der Waals surface area contributed by atoms with Gasteiger partial charge in [-0.3, -0.25) is 0 Å². The summed E-state index contributed by atoms with van der Waals surface area (Å²) < 4.78 is 13.5. The Morgan fingerprint density at radius 3 is 2.53 bits per heavy atom. The van der Waals surface area contributed by atoms with Crippen LogP contribution in [0.15, 0.2) is 18.2 Å². The number of nitrogens with zero attached hydrogens (tertiary/aromatic N) is 1. The maximum atomic E-state index is 13.5. The molecule has 1 aromatic heterocycles. The Balaban J connectivity index is 1.74. The molecule has 2 aromatic rings. The van der Waals surface area contributed by atoms with Crippen LogP contribution in [0.1, 0.15) is 57.7 Å². The Morgan fingerprint density at radius 2 is 1.79 bits per heavy atom. The second-order valence-electron chi connectivity index (χ2n) is 5.19. The van der Waals surface area contributed by atoms with Crippen LogP contribution < -0.4 is 0 Å². The molecule has 0 aliphatic heterocycles. The minimum absolute atomic E-state index is 0.237. The SMILES string of the molecule is CCCCCCCCCc1nc2c(F)cccc2[nH]1. The summed E-state index contributed by atoms with van der Waals surface area (Å²) in [5.41, 5.74) is 1.28. The van der Waals surface area contributed by atoms with Crippen LogP contribution in [-0.4, -0.2) is 9.97 Å². The molecule has 0 aliphatic rings. The van der Waals surface area contributed by atoms with Gasteiger partial charge in [-0.15, -0.1) is 0 Å². The van der Waals surface area contributed by atoms with Crippen molar-refractivity contribution in [1.29, 1.82) is 0 Å². The van der Waals surface area contributed by atoms with Gasteiger partial charge in [0.15, 0.2) is 5.82 Å². The van der Waals surface area contributed by atoms with E-state index in [1.807, 2.05) is 6.07 Å². The predicted molar refractivity (Wildman–Crippen MR) is 77.7 cm³/mol. The molecule has 0 atom stereocenters. The number of H-pyrrole nitrogens is 1. The third-order valence-electron chi connectivity index (χ3n) is 3.53. The molecule has 0 saturated heterocycles. The number of nitrogens with one attached hydrogen (secondary N) is 1. The van der Waals surface area contributed by atoms with E-state index in [4.69, 9.17) is 0 Å². The van der Waals surface area contributed by atoms with Crippen molar-refractivity contribution in [3.05, 3.63) is 29.8 Å². The minimum Gasteiger partial charge on any atom is -0.342 e. The highest BCUT2D eigenvalue weighted by atomic mass is 19.1. The van der Waals surface area contributed by atoms with Crippen LogP contribution >= 0.6 is 0 Å². The zero-order chi connectivity index (χ0) is 13.5. The Labute approximate surface area is 114 Å². The van der Waals surface area contributed by atoms with Crippen LogP contribution in [0.4, 0.5) is 4.39 Å². The summed E-state index contributed by atoms with van der Waals surface area (Å²) in [6, 6.07) is 5.05. The number of fused-ring (bicyclic) bond motifs is 1. The number of benzene rings is 1. The van der Waals surface area contributed by atoms with Crippen molar-refractivity contribution in [3.8, 4) is 0 Å². The van der Waals surface area contributed by atoms with Gasteiger partial charge in [0.1, 0.15) is 11.3 Å². The smallest absolute Gasteiger partial charge is 0.151 e. The molecule has 1 heterocycles. The molecule has 0 amide bonds. The summed E-state index contributed by atoms with van der Waals surface area (Å²) >= 11 is 0. The van der Waals surface area contributed by atoms with E-state index in [9.17, 15) is 4.39 Å². The predicted octanol–water partition coefficient (Wildman–Crippen LogP) is 5.00. The molecule has 0 unspecified atom stereocenters. The second kappa shape index (κ2) is 7.27. The molecule has 0 aliphatic carbocycles. The number of aromatic amines is 1. The Kier molecular flexibility index (Phi) is 5.37. The fraction of sp³-hybridized carbons (Fsp3) is 0.562. The molecule has 2 nitrogen and oxygen atoms in total. The quantitative estimate of drug-likeness (QED) is 0.667. The molecule has 0 saturated carbocycles. The number of imidazole rings is 1. The van der Waals surface area contributed by atoms with Crippen LogP contribution in [0.2, 0.25) is 0 Å². The lowest BCUT2D eigenvalue weighted by atomic mass is 10.1. The zero-order valence-electron chi connectivity index (χ0n) is 11.7. The first-order valence-electron chi connectivity index (χ1n) is 7.44. The fourth-order valence-electron chi connectivity index (χ4n) is 2.42. The number of unbranched alkanes of at least 4 members (excludes halogenated alkanes) is 6. The zero-order valence-corrected chi connectivity index (χ0v) is 11.7. The monoisotopic (exact) mass is 262 g/mol. The van der Waals surface area contributed by atoms with Crippen LogP contribution in [0.3, 0.4) is 0 Å². The molecule has 0 radical (unpaired) electrons. The molecular formula is C16H23FN2. The first kappa shape index (κ1) is 14.0. The first-order chi connectivity index (χ1) is 9.31. The van der Waals surface area contributed by atoms with E-state index < -0.39 is 0 Å². The van der Waals surface area contributed by atoms with E-state index in [0.29, 0.717) is 5.52 Å². The molecule has 0 fully saturated rings. The lowest BCUT2D eigenvalue weighted by molar-refractivity contribution is 0.585. The standard InChI is InChI=1S/C16H23FN2/c1-2-3-4-5-6-7-8-12-15-18-14-11-9-10-13(17)16(14)19-15/h9-11H,2-8,12H2,1H3,(H,18,19). The van der Waals surface area contributed by atoms with Crippen molar-refractivity contribution in [2.24, 2.45) is 0 Å². The van der Waals surface area contributed by atoms with Gasteiger partial charge in [0.2, 0.25) is 0 Å². The van der Waals surface area contributed by atoms with E-state index in [2.05, 4.69) is 16.9 Å². The van der Waals surface area contributed by atoms with Crippen molar-refractivity contribution in [1.82, 2.24) is 9.97 Å². The number of aromatic nitrogens is 2. The maximum Gasteiger partial charge on any atom is 0.151 e. The van der Waals surface area contributed by atoms with Gasteiger partial charge >= 0.3 is 0 Å². The summed E-state index contributed by atoms with van der Waals surface area (Å²) in [5, 5.41) is 0. The number of aryl methyl sites for hydroxylation is 1. The Bertz CT molecular complexity index is 504. The van der Waals surface area contributed by atoms with Crippen molar-refractivity contribution in [2.75, 3.05) is 0 Å². The molecule has 3 heteroatoms. The average Bonchev–Trinajstić information content (AvgIpc) is 2.82. The summed E-state index contributed by atoms with van der Waals surface area (Å²) in [7, 11) is 0. The molecule has 0 spiro atoms. The van der Waals surface area contributed by atoms with E-state index in [-0.39, 0.29) is 5.82 Å². The van der Waals surface area contributed by atoms with Crippen molar-refractivity contribution >= 4 is 11.0 Å². The molecule has 1 N–H and O–H groups in total. The number of halogens is 1. The summed E-state index contributed by atoms with van der Waals surface area (Å²) in [5.74, 6) is 0.674. The van der Waals surface area contributed by atoms with E-state index in [1.165, 1.54) is 44.6 Å². The molecule has 2 rings (SSSR count). The van der Waals surface area contributed by atoms with E-state index in [1.54, 1.807) is 6.07 Å². The van der Waals surface area contributed by atoms with Gasteiger partial charge in [0.05, 0.1) is 5.52 Å². The summed E-state index contributed by atoms with van der Waals surface area (Å²) in [4.78, 5) is 7.53. The van der Waals surface area contributed by atoms with E-state index in [0.717, 1.165) is 24.2 Å². The summed E-state index contributed by atoms with van der Waals surface area (Å²) in [6.45, 7) is 2.24. The van der Waals surface area contributed by atoms with Crippen molar-refractivity contribution in [3.63, 3.8) is 0 Å². The van der Waals surface area contributed by atoms with Gasteiger partial charge in [-0.1, -0.05) is 51.5 Å². The normalized spacial score (nSPS) is 11.3. The fourth-order valence-corrected chi connectivity index (χ4v) is 2.42. The first-order valence-corrected chi connectivity index (χ1v) is 7.44. The lowest BCUT2D eigenvalue weighted by Gasteiger charge is -1.99. The Hall–Kier alpha value is -1.38. The minimum atomic E-state index is -0.237. The summed E-state index contributed by atoms with van der Waals surface area (Å²) in [6.07, 6.45) is 9.93. The Morgan fingerprint density at radius 1 is 1.05 bits per heavy atom. The van der Waals surface area contributed by atoms with Crippen LogP contribution in [0, 0.1) is 5.82 Å². The highest BCUT2D eigenvalue weighted by Crippen LogP contribution is 2.16. The number of rotatable bonds is 8. The van der Waals surface area contributed by atoms with Crippen molar-refractivity contribution in [2.45, 2.75) is 58.3 Å². The number of hydrogen-bond acceptors (Lipinski definition) is 1. The largest absolute Gasteiger partial charge is 0.342 e. The third kappa shape index (κ3) is 4.05. The molecular weight excluding hydrogens is 239 g/mol. The van der Waals surface area contributed by atoms with Crippen LogP contribution in [0.25, 0.3) is 11.0 Å². The van der Waals surface area contributed by atoms with Crippen LogP contribution in [0.5, 0.6) is 0 Å². The molecule has 0 bridgehead atoms. The highest BCUT2D eigenvalue weighted by molar-refractivity contribution is 5.75. The van der Waals surface area contributed by atoms with E-state index >= 15 is 0 Å². The maximum absolute atomic E-state index is 13.5. The van der Waals surface area contributed by atoms with Crippen LogP contribution in [-0.2, 0) is 6.42 Å². The average molecular weight is 262 g/mol. The van der Waals surface area contributed by atoms with Gasteiger partial charge in [-0.05, 0) is 18.6 Å². The van der Waals surface area contributed by atoms with Crippen molar-refractivity contribution < 1.29 is 4.39 Å². The highest BCUT2D eigenvalue weighted by Gasteiger charge is 2.06. The molecule has 104 valence electrons. The van der Waals surface area contributed by atoms with Gasteiger partial charge in [-0.25, -0.2) is 9.37 Å². The molecule has 1 aromatic carbocycles. The number of para-hydroxylation sites is 1. The van der Waals surface area contributed by atoms with Gasteiger partial charge in [0, 0.05) is 6.42 Å². The topological polar surface area (TPSA) is 28.7 Å². The third-order valence-corrected chi connectivity index (χ3v) is 3.53. The molecule has 19 heavy (non-hydrogen) atoms. The van der Waals surface area contributed by atoms with Gasteiger partial charge in [0.25, 0.3) is 0 Å². The number of hydrogen-bond donors (Lipinski definition) is 1.